The monoisotopic (exact) mass is 142 g/mol. The van der Waals surface area contributed by atoms with Crippen LogP contribution in [-0.2, 0) is 0 Å². The molecular weight excluding hydrogens is 138 g/mol. The molecule has 0 nitrogen and oxygen atoms in total. The third kappa shape index (κ3) is 6.25. The molecule has 0 spiro atoms. The van der Waals surface area contributed by atoms with Gasteiger partial charge >= 0.3 is 0 Å². The average Bonchev–Trinajstić information content (AvgIpc) is 1.30. The lowest BCUT2D eigenvalue weighted by Gasteiger charge is -1.97. The summed E-state index contributed by atoms with van der Waals surface area (Å²) in [6.45, 7) is 1.64. The molecule has 0 fully saturated rings. The van der Waals surface area contributed by atoms with E-state index in [9.17, 15) is 4.39 Å². The number of halogens is 3. The minimum absolute atomic E-state index is 1.05. The molecule has 0 amide bonds. The van der Waals surface area contributed by atoms with Gasteiger partial charge in [-0.25, -0.2) is 4.39 Å². The maximum atomic E-state index is 11.8. The third-order valence-electron chi connectivity index (χ3n) is 0.356. The van der Waals surface area contributed by atoms with Crippen LogP contribution in [0.25, 0.3) is 0 Å². The van der Waals surface area contributed by atoms with Crippen LogP contribution < -0.4 is 0 Å². The van der Waals surface area contributed by atoms with Crippen LogP contribution in [0, 0.1) is 0 Å². The first kappa shape index (κ1) is 7.25. The van der Waals surface area contributed by atoms with Crippen molar-refractivity contribution in [3.05, 3.63) is 12.2 Å². The SMILES string of the molecule is CC=CC(F)(Cl)Cl. The Kier molecular flexibility index (Phi) is 2.62. The first-order valence-corrected chi connectivity index (χ1v) is 2.52. The lowest BCUT2D eigenvalue weighted by atomic mass is 10.6. The molecule has 7 heavy (non-hydrogen) atoms. The molecule has 0 aromatic rings. The number of hydrogen-bond acceptors (Lipinski definition) is 0. The Morgan fingerprint density at radius 1 is 1.57 bits per heavy atom. The van der Waals surface area contributed by atoms with E-state index in [0.717, 1.165) is 6.08 Å². The Morgan fingerprint density at radius 3 is 2.00 bits per heavy atom. The van der Waals surface area contributed by atoms with Crippen molar-refractivity contribution in [2.75, 3.05) is 0 Å². The first-order chi connectivity index (χ1) is 3.06. The van der Waals surface area contributed by atoms with Gasteiger partial charge in [-0.15, -0.1) is 0 Å². The van der Waals surface area contributed by atoms with Crippen molar-refractivity contribution in [2.24, 2.45) is 0 Å². The molecule has 42 valence electrons. The second-order valence-corrected chi connectivity index (χ2v) is 2.34. The molecular formula is C4H5Cl2F. The van der Waals surface area contributed by atoms with E-state index >= 15 is 0 Å². The van der Waals surface area contributed by atoms with E-state index < -0.39 is 4.59 Å². The predicted molar refractivity (Wildman–Crippen MR) is 30.4 cm³/mol. The molecule has 3 heteroatoms. The average molecular weight is 143 g/mol. The van der Waals surface area contributed by atoms with Crippen molar-refractivity contribution in [3.63, 3.8) is 0 Å². The van der Waals surface area contributed by atoms with E-state index in [1.807, 2.05) is 0 Å². The second-order valence-electron chi connectivity index (χ2n) is 1.04. The number of rotatable bonds is 1. The van der Waals surface area contributed by atoms with Crippen molar-refractivity contribution >= 4 is 23.2 Å². The largest absolute Gasteiger partial charge is 0.276 e. The standard InChI is InChI=1S/C4H5Cl2F/c1-2-3-4(5,6)7/h2-3H,1H3. The summed E-state index contributed by atoms with van der Waals surface area (Å²) < 4.78 is 9.65. The molecule has 0 N–H and O–H groups in total. The summed E-state index contributed by atoms with van der Waals surface area (Å²) >= 11 is 9.69. The number of hydrogen-bond donors (Lipinski definition) is 0. The number of alkyl halides is 3. The van der Waals surface area contributed by atoms with Gasteiger partial charge in [-0.1, -0.05) is 29.3 Å². The molecule has 0 radical (unpaired) electrons. The van der Waals surface area contributed by atoms with Gasteiger partial charge in [0.25, 0.3) is 4.59 Å². The summed E-state index contributed by atoms with van der Waals surface area (Å²) in [5.41, 5.74) is 0. The van der Waals surface area contributed by atoms with E-state index in [-0.39, 0.29) is 0 Å². The summed E-state index contributed by atoms with van der Waals surface area (Å²) in [5, 5.41) is 0. The molecule has 0 saturated heterocycles. The van der Waals surface area contributed by atoms with Gasteiger partial charge in [0, 0.05) is 0 Å². The smallest absolute Gasteiger partial charge is 0.203 e. The van der Waals surface area contributed by atoms with Crippen LogP contribution in [0.4, 0.5) is 4.39 Å². The van der Waals surface area contributed by atoms with E-state index in [1.54, 1.807) is 6.92 Å². The van der Waals surface area contributed by atoms with Gasteiger partial charge in [0.2, 0.25) is 0 Å². The molecule has 0 aliphatic carbocycles. The fourth-order valence-electron chi connectivity index (χ4n) is 0.189. The molecule has 0 aromatic heterocycles. The maximum Gasteiger partial charge on any atom is 0.276 e. The van der Waals surface area contributed by atoms with Crippen LogP contribution in [-0.4, -0.2) is 4.59 Å². The van der Waals surface area contributed by atoms with Gasteiger partial charge in [-0.2, -0.15) is 0 Å². The summed E-state index contributed by atoms with van der Waals surface area (Å²) in [6, 6.07) is 0. The molecule has 0 bridgehead atoms. The molecule has 0 heterocycles. The molecule has 0 atom stereocenters. The maximum absolute atomic E-state index is 11.8. The summed E-state index contributed by atoms with van der Waals surface area (Å²) in [7, 11) is 0. The van der Waals surface area contributed by atoms with E-state index in [2.05, 4.69) is 0 Å². The fourth-order valence-corrected chi connectivity index (χ4v) is 0.441. The van der Waals surface area contributed by atoms with Crippen molar-refractivity contribution in [1.82, 2.24) is 0 Å². The topological polar surface area (TPSA) is 0 Å². The molecule has 0 aliphatic rings. The zero-order valence-corrected chi connectivity index (χ0v) is 5.30. The Balaban J connectivity index is 3.56. The highest BCUT2D eigenvalue weighted by Crippen LogP contribution is 2.23. The molecule has 0 rings (SSSR count). The highest BCUT2D eigenvalue weighted by atomic mass is 35.5. The van der Waals surface area contributed by atoms with Crippen molar-refractivity contribution in [1.29, 1.82) is 0 Å². The van der Waals surface area contributed by atoms with Crippen LogP contribution in [0.15, 0.2) is 12.2 Å². The van der Waals surface area contributed by atoms with E-state index in [1.165, 1.54) is 6.08 Å². The minimum Gasteiger partial charge on any atom is -0.203 e. The van der Waals surface area contributed by atoms with Crippen molar-refractivity contribution in [2.45, 2.75) is 11.5 Å². The van der Waals surface area contributed by atoms with E-state index in [0.29, 0.717) is 0 Å². The lowest BCUT2D eigenvalue weighted by Crippen LogP contribution is -1.94. The van der Waals surface area contributed by atoms with E-state index in [4.69, 9.17) is 23.2 Å². The van der Waals surface area contributed by atoms with Crippen LogP contribution in [0.1, 0.15) is 6.92 Å². The predicted octanol–water partition coefficient (Wildman–Crippen LogP) is 2.66. The Labute approximate surface area is 51.9 Å². The highest BCUT2D eigenvalue weighted by Gasteiger charge is 2.14. The van der Waals surface area contributed by atoms with Gasteiger partial charge < -0.3 is 0 Å². The molecule has 0 aliphatic heterocycles. The van der Waals surface area contributed by atoms with Gasteiger partial charge in [-0.3, -0.25) is 0 Å². The molecule has 0 saturated carbocycles. The summed E-state index contributed by atoms with van der Waals surface area (Å²) in [4.78, 5) is 0. The van der Waals surface area contributed by atoms with Gasteiger partial charge in [0.1, 0.15) is 0 Å². The Hall–Kier alpha value is 0.250. The lowest BCUT2D eigenvalue weighted by molar-refractivity contribution is 0.463. The van der Waals surface area contributed by atoms with Gasteiger partial charge in [0.05, 0.1) is 0 Å². The number of allylic oxidation sites excluding steroid dienone is 2. The third-order valence-corrected chi connectivity index (χ3v) is 0.608. The second kappa shape index (κ2) is 2.53. The first-order valence-electron chi connectivity index (χ1n) is 1.77. The van der Waals surface area contributed by atoms with Gasteiger partial charge in [-0.05, 0) is 13.0 Å². The molecule has 0 aromatic carbocycles. The highest BCUT2D eigenvalue weighted by molar-refractivity contribution is 6.48. The van der Waals surface area contributed by atoms with Crippen molar-refractivity contribution < 1.29 is 4.39 Å². The zero-order valence-electron chi connectivity index (χ0n) is 3.79. The molecule has 0 unspecified atom stereocenters. The van der Waals surface area contributed by atoms with Crippen LogP contribution in [0.3, 0.4) is 0 Å². The normalized spacial score (nSPS) is 13.1. The fraction of sp³-hybridized carbons (Fsp3) is 0.500. The van der Waals surface area contributed by atoms with Crippen LogP contribution >= 0.6 is 23.2 Å². The quantitative estimate of drug-likeness (QED) is 0.391. The van der Waals surface area contributed by atoms with Crippen molar-refractivity contribution in [3.8, 4) is 0 Å². The Morgan fingerprint density at radius 2 is 2.00 bits per heavy atom. The minimum atomic E-state index is -2.19. The van der Waals surface area contributed by atoms with Crippen LogP contribution in [0.2, 0.25) is 0 Å². The van der Waals surface area contributed by atoms with Crippen LogP contribution in [0.5, 0.6) is 0 Å². The zero-order chi connectivity index (χ0) is 5.91. The summed E-state index contributed by atoms with van der Waals surface area (Å²) in [6.07, 6.45) is 2.50. The van der Waals surface area contributed by atoms with Gasteiger partial charge in [0.15, 0.2) is 0 Å². The summed E-state index contributed by atoms with van der Waals surface area (Å²) in [5.74, 6) is 0. The Bertz CT molecular complexity index is 72.2.